The molecular formula is C13H16O2. The van der Waals surface area contributed by atoms with Crippen LogP contribution in [0, 0.1) is 6.92 Å². The summed E-state index contributed by atoms with van der Waals surface area (Å²) in [6, 6.07) is 3.80. The largest absolute Gasteiger partial charge is 0.303 e. The van der Waals surface area contributed by atoms with Gasteiger partial charge in [-0.1, -0.05) is 6.92 Å². The maximum Gasteiger partial charge on any atom is 0.150 e. The number of hydrogen-bond donors (Lipinski definition) is 0. The van der Waals surface area contributed by atoms with E-state index in [4.69, 9.17) is 0 Å². The molecule has 0 spiro atoms. The highest BCUT2D eigenvalue weighted by atomic mass is 16.1. The Morgan fingerprint density at radius 1 is 1.27 bits per heavy atom. The van der Waals surface area contributed by atoms with Crippen molar-refractivity contribution in [2.45, 2.75) is 33.1 Å². The van der Waals surface area contributed by atoms with Crippen molar-refractivity contribution in [3.63, 3.8) is 0 Å². The highest BCUT2D eigenvalue weighted by molar-refractivity contribution is 5.76. The van der Waals surface area contributed by atoms with Gasteiger partial charge in [-0.25, -0.2) is 0 Å². The van der Waals surface area contributed by atoms with Crippen LogP contribution in [0.25, 0.3) is 0 Å². The molecule has 0 aromatic heterocycles. The topological polar surface area (TPSA) is 34.1 Å². The van der Waals surface area contributed by atoms with E-state index in [0.717, 1.165) is 36.5 Å². The van der Waals surface area contributed by atoms with Gasteiger partial charge in [-0.3, -0.25) is 4.79 Å². The minimum atomic E-state index is 0.550. The molecule has 0 bridgehead atoms. The molecule has 0 saturated heterocycles. The standard InChI is InChI=1S/C13H16O2/c1-3-12-8-11(9-15)7-10(2)13(12)5-4-6-14/h6-9H,3-5H2,1-2H3. The Bertz CT molecular complexity index is 367. The first-order valence-corrected chi connectivity index (χ1v) is 5.24. The third-order valence-electron chi connectivity index (χ3n) is 2.62. The number of aldehydes is 2. The lowest BCUT2D eigenvalue weighted by Crippen LogP contribution is -1.99. The van der Waals surface area contributed by atoms with E-state index in [2.05, 4.69) is 6.92 Å². The van der Waals surface area contributed by atoms with Crippen LogP contribution in [0.15, 0.2) is 12.1 Å². The first kappa shape index (κ1) is 11.6. The molecule has 0 aliphatic heterocycles. The fraction of sp³-hybridized carbons (Fsp3) is 0.385. The molecule has 2 heteroatoms. The summed E-state index contributed by atoms with van der Waals surface area (Å²) in [6.45, 7) is 4.06. The van der Waals surface area contributed by atoms with Crippen LogP contribution in [0.5, 0.6) is 0 Å². The van der Waals surface area contributed by atoms with Crippen molar-refractivity contribution in [2.24, 2.45) is 0 Å². The lowest BCUT2D eigenvalue weighted by Gasteiger charge is -2.11. The van der Waals surface area contributed by atoms with E-state index in [9.17, 15) is 9.59 Å². The van der Waals surface area contributed by atoms with Crippen molar-refractivity contribution >= 4 is 12.6 Å². The molecule has 0 aliphatic rings. The minimum absolute atomic E-state index is 0.550. The van der Waals surface area contributed by atoms with Crippen LogP contribution in [0.3, 0.4) is 0 Å². The predicted octanol–water partition coefficient (Wildman–Crippen LogP) is 2.50. The van der Waals surface area contributed by atoms with Gasteiger partial charge in [0.25, 0.3) is 0 Å². The Kier molecular flexibility index (Phi) is 4.22. The van der Waals surface area contributed by atoms with E-state index in [1.165, 1.54) is 11.1 Å². The zero-order chi connectivity index (χ0) is 11.3. The highest BCUT2D eigenvalue weighted by Crippen LogP contribution is 2.18. The highest BCUT2D eigenvalue weighted by Gasteiger charge is 2.06. The monoisotopic (exact) mass is 204 g/mol. The van der Waals surface area contributed by atoms with Gasteiger partial charge in [-0.05, 0) is 48.6 Å². The molecule has 0 atom stereocenters. The normalized spacial score (nSPS) is 10.0. The van der Waals surface area contributed by atoms with Crippen LogP contribution < -0.4 is 0 Å². The first-order valence-electron chi connectivity index (χ1n) is 5.24. The molecule has 0 amide bonds. The zero-order valence-electron chi connectivity index (χ0n) is 9.25. The van der Waals surface area contributed by atoms with Gasteiger partial charge in [0.2, 0.25) is 0 Å². The van der Waals surface area contributed by atoms with Crippen LogP contribution in [-0.4, -0.2) is 12.6 Å². The first-order chi connectivity index (χ1) is 7.22. The number of aryl methyl sites for hydroxylation is 2. The van der Waals surface area contributed by atoms with Crippen molar-refractivity contribution in [3.05, 3.63) is 34.4 Å². The fourth-order valence-electron chi connectivity index (χ4n) is 1.86. The summed E-state index contributed by atoms with van der Waals surface area (Å²) in [5.74, 6) is 0. The maximum absolute atomic E-state index is 10.7. The van der Waals surface area contributed by atoms with Crippen molar-refractivity contribution in [1.82, 2.24) is 0 Å². The molecule has 0 N–H and O–H groups in total. The Balaban J connectivity index is 3.11. The summed E-state index contributed by atoms with van der Waals surface area (Å²) in [6.07, 6.45) is 4.03. The van der Waals surface area contributed by atoms with Crippen LogP contribution >= 0.6 is 0 Å². The second kappa shape index (κ2) is 5.44. The van der Waals surface area contributed by atoms with Gasteiger partial charge in [-0.2, -0.15) is 0 Å². The number of carbonyl (C=O) groups is 2. The molecule has 0 saturated carbocycles. The molecule has 2 nitrogen and oxygen atoms in total. The molecule has 15 heavy (non-hydrogen) atoms. The SMILES string of the molecule is CCc1cc(C=O)cc(C)c1CCC=O. The van der Waals surface area contributed by atoms with E-state index >= 15 is 0 Å². The summed E-state index contributed by atoms with van der Waals surface area (Å²) >= 11 is 0. The van der Waals surface area contributed by atoms with Crippen molar-refractivity contribution in [1.29, 1.82) is 0 Å². The molecule has 0 heterocycles. The van der Waals surface area contributed by atoms with Crippen LogP contribution in [-0.2, 0) is 17.6 Å². The van der Waals surface area contributed by atoms with E-state index in [-0.39, 0.29) is 0 Å². The number of rotatable bonds is 5. The Hall–Kier alpha value is -1.44. The molecule has 80 valence electrons. The van der Waals surface area contributed by atoms with Gasteiger partial charge in [0.15, 0.2) is 0 Å². The number of benzene rings is 1. The van der Waals surface area contributed by atoms with Crippen LogP contribution in [0.2, 0.25) is 0 Å². The quantitative estimate of drug-likeness (QED) is 0.690. The molecule has 0 unspecified atom stereocenters. The molecule has 0 aliphatic carbocycles. The van der Waals surface area contributed by atoms with Crippen molar-refractivity contribution in [2.75, 3.05) is 0 Å². The zero-order valence-corrected chi connectivity index (χ0v) is 9.25. The summed E-state index contributed by atoms with van der Waals surface area (Å²) in [7, 11) is 0. The number of hydrogen-bond acceptors (Lipinski definition) is 2. The smallest absolute Gasteiger partial charge is 0.150 e. The number of carbonyl (C=O) groups excluding carboxylic acids is 2. The summed E-state index contributed by atoms with van der Waals surface area (Å²) in [4.78, 5) is 21.1. The van der Waals surface area contributed by atoms with Crippen LogP contribution in [0.1, 0.15) is 40.4 Å². The van der Waals surface area contributed by atoms with Gasteiger partial charge in [0, 0.05) is 12.0 Å². The second-order valence-electron chi connectivity index (χ2n) is 3.65. The summed E-state index contributed by atoms with van der Waals surface area (Å²) in [5.41, 5.74) is 4.23. The Labute approximate surface area is 90.3 Å². The van der Waals surface area contributed by atoms with Crippen LogP contribution in [0.4, 0.5) is 0 Å². The van der Waals surface area contributed by atoms with E-state index in [1.54, 1.807) is 0 Å². The molecule has 1 aromatic carbocycles. The van der Waals surface area contributed by atoms with Crippen molar-refractivity contribution in [3.8, 4) is 0 Å². The predicted molar refractivity (Wildman–Crippen MR) is 60.3 cm³/mol. The van der Waals surface area contributed by atoms with Gasteiger partial charge < -0.3 is 4.79 Å². The van der Waals surface area contributed by atoms with E-state index in [1.807, 2.05) is 19.1 Å². The van der Waals surface area contributed by atoms with Gasteiger partial charge >= 0.3 is 0 Å². The molecule has 0 radical (unpaired) electrons. The Morgan fingerprint density at radius 2 is 2.00 bits per heavy atom. The third-order valence-corrected chi connectivity index (χ3v) is 2.62. The van der Waals surface area contributed by atoms with E-state index < -0.39 is 0 Å². The van der Waals surface area contributed by atoms with Gasteiger partial charge in [0.1, 0.15) is 12.6 Å². The second-order valence-corrected chi connectivity index (χ2v) is 3.65. The summed E-state index contributed by atoms with van der Waals surface area (Å²) < 4.78 is 0. The minimum Gasteiger partial charge on any atom is -0.303 e. The maximum atomic E-state index is 10.7. The fourth-order valence-corrected chi connectivity index (χ4v) is 1.86. The average molecular weight is 204 g/mol. The molecule has 1 aromatic rings. The van der Waals surface area contributed by atoms with Gasteiger partial charge in [0.05, 0.1) is 0 Å². The van der Waals surface area contributed by atoms with E-state index in [0.29, 0.717) is 6.42 Å². The average Bonchev–Trinajstić information content (AvgIpc) is 2.26. The van der Waals surface area contributed by atoms with Crippen molar-refractivity contribution < 1.29 is 9.59 Å². The Morgan fingerprint density at radius 3 is 2.53 bits per heavy atom. The lowest BCUT2D eigenvalue weighted by atomic mass is 9.94. The summed E-state index contributed by atoms with van der Waals surface area (Å²) in [5, 5.41) is 0. The molecule has 1 rings (SSSR count). The molecular weight excluding hydrogens is 188 g/mol. The molecule has 0 fully saturated rings. The third kappa shape index (κ3) is 2.75. The van der Waals surface area contributed by atoms with Gasteiger partial charge in [-0.15, -0.1) is 0 Å². The lowest BCUT2D eigenvalue weighted by molar-refractivity contribution is -0.107.